The van der Waals surface area contributed by atoms with E-state index < -0.39 is 0 Å². The Balaban J connectivity index is 2.11. The molecule has 0 spiro atoms. The highest BCUT2D eigenvalue weighted by Gasteiger charge is 2.12. The molecule has 1 heterocycles. The summed E-state index contributed by atoms with van der Waals surface area (Å²) in [6.07, 6.45) is 0.446. The first-order valence-corrected chi connectivity index (χ1v) is 5.43. The fraction of sp³-hybridized carbons (Fsp3) is 0.333. The van der Waals surface area contributed by atoms with Gasteiger partial charge >= 0.3 is 0 Å². The number of nitrogens with zero attached hydrogens (tertiary/aromatic N) is 2. The summed E-state index contributed by atoms with van der Waals surface area (Å²) in [5.41, 5.74) is 0.817. The van der Waals surface area contributed by atoms with Crippen LogP contribution in [-0.2, 0) is 6.42 Å². The third-order valence-electron chi connectivity index (χ3n) is 2.53. The minimum absolute atomic E-state index is 0.0174. The second-order valence-electron chi connectivity index (χ2n) is 3.85. The van der Waals surface area contributed by atoms with Gasteiger partial charge in [0.05, 0.1) is 12.5 Å². The van der Waals surface area contributed by atoms with Crippen LogP contribution in [0.15, 0.2) is 28.7 Å². The van der Waals surface area contributed by atoms with E-state index >= 15 is 0 Å². The highest BCUT2D eigenvalue weighted by molar-refractivity contribution is 5.19. The van der Waals surface area contributed by atoms with Gasteiger partial charge in [-0.15, -0.1) is 10.2 Å². The second-order valence-corrected chi connectivity index (χ2v) is 3.85. The molecule has 0 amide bonds. The lowest BCUT2D eigenvalue weighted by Crippen LogP contribution is -2.12. The van der Waals surface area contributed by atoms with Gasteiger partial charge in [-0.2, -0.15) is 0 Å². The molecular formula is C12H14FN3O. The van der Waals surface area contributed by atoms with Crippen molar-refractivity contribution >= 4 is 0 Å². The van der Waals surface area contributed by atoms with Gasteiger partial charge in [0.15, 0.2) is 0 Å². The van der Waals surface area contributed by atoms with Gasteiger partial charge in [-0.1, -0.05) is 12.1 Å². The van der Waals surface area contributed by atoms with E-state index in [0.29, 0.717) is 18.2 Å². The summed E-state index contributed by atoms with van der Waals surface area (Å²) in [5.74, 6) is 0.775. The zero-order valence-electron chi connectivity index (χ0n) is 9.77. The van der Waals surface area contributed by atoms with Gasteiger partial charge < -0.3 is 9.73 Å². The van der Waals surface area contributed by atoms with E-state index in [9.17, 15) is 4.39 Å². The van der Waals surface area contributed by atoms with Crippen molar-refractivity contribution in [3.8, 4) is 0 Å². The smallest absolute Gasteiger partial charge is 0.233 e. The molecule has 1 unspecified atom stereocenters. The van der Waals surface area contributed by atoms with Gasteiger partial charge in [0.1, 0.15) is 5.82 Å². The predicted molar refractivity (Wildman–Crippen MR) is 61.0 cm³/mol. The molecule has 2 aromatic rings. The fourth-order valence-corrected chi connectivity index (χ4v) is 1.46. The molecule has 0 fully saturated rings. The van der Waals surface area contributed by atoms with Crippen LogP contribution in [0.4, 0.5) is 4.39 Å². The largest absolute Gasteiger partial charge is 0.423 e. The molecule has 1 aromatic heterocycles. The van der Waals surface area contributed by atoms with E-state index in [1.54, 1.807) is 6.07 Å². The lowest BCUT2D eigenvalue weighted by Gasteiger charge is -2.02. The summed E-state index contributed by atoms with van der Waals surface area (Å²) in [4.78, 5) is 0. The topological polar surface area (TPSA) is 51.0 Å². The Morgan fingerprint density at radius 2 is 2.24 bits per heavy atom. The summed E-state index contributed by atoms with van der Waals surface area (Å²) in [6, 6.07) is 6.38. The van der Waals surface area contributed by atoms with Crippen molar-refractivity contribution in [2.45, 2.75) is 19.4 Å². The van der Waals surface area contributed by atoms with Gasteiger partial charge in [0.25, 0.3) is 0 Å². The SMILES string of the molecule is CNC(C)c1nnc(Cc2cccc(F)c2)o1. The van der Waals surface area contributed by atoms with Gasteiger partial charge in [-0.3, -0.25) is 0 Å². The molecule has 2 rings (SSSR count). The molecule has 0 saturated carbocycles. The average Bonchev–Trinajstić information content (AvgIpc) is 2.76. The molecular weight excluding hydrogens is 221 g/mol. The van der Waals surface area contributed by atoms with Gasteiger partial charge in [-0.25, -0.2) is 4.39 Å². The zero-order valence-corrected chi connectivity index (χ0v) is 9.77. The molecule has 17 heavy (non-hydrogen) atoms. The van der Waals surface area contributed by atoms with Crippen LogP contribution in [0.1, 0.15) is 30.3 Å². The number of halogens is 1. The number of aromatic nitrogens is 2. The molecule has 4 nitrogen and oxygen atoms in total. The Morgan fingerprint density at radius 3 is 2.94 bits per heavy atom. The third kappa shape index (κ3) is 2.88. The molecule has 90 valence electrons. The molecule has 0 aliphatic rings. The molecule has 5 heteroatoms. The molecule has 0 saturated heterocycles. The monoisotopic (exact) mass is 235 g/mol. The van der Waals surface area contributed by atoms with Crippen molar-refractivity contribution in [3.63, 3.8) is 0 Å². The van der Waals surface area contributed by atoms with Crippen molar-refractivity contribution in [2.24, 2.45) is 0 Å². The Kier molecular flexibility index (Phi) is 3.49. The third-order valence-corrected chi connectivity index (χ3v) is 2.53. The first-order valence-electron chi connectivity index (χ1n) is 5.43. The highest BCUT2D eigenvalue weighted by Crippen LogP contribution is 2.13. The maximum absolute atomic E-state index is 13.0. The van der Waals surface area contributed by atoms with Crippen LogP contribution >= 0.6 is 0 Å². The Morgan fingerprint density at radius 1 is 1.41 bits per heavy atom. The van der Waals surface area contributed by atoms with E-state index in [-0.39, 0.29) is 11.9 Å². The molecule has 1 atom stereocenters. The van der Waals surface area contributed by atoms with E-state index in [1.165, 1.54) is 12.1 Å². The van der Waals surface area contributed by atoms with E-state index in [4.69, 9.17) is 4.42 Å². The summed E-state index contributed by atoms with van der Waals surface area (Å²) in [5, 5.41) is 10.9. The standard InChI is InChI=1S/C12H14FN3O/c1-8(14-2)12-16-15-11(17-12)7-9-4-3-5-10(13)6-9/h3-6,8,14H,7H2,1-2H3. The van der Waals surface area contributed by atoms with Crippen molar-refractivity contribution in [1.29, 1.82) is 0 Å². The molecule has 1 N–H and O–H groups in total. The van der Waals surface area contributed by atoms with Crippen LogP contribution in [0.3, 0.4) is 0 Å². The van der Waals surface area contributed by atoms with Crippen LogP contribution in [0.5, 0.6) is 0 Å². The maximum Gasteiger partial charge on any atom is 0.233 e. The van der Waals surface area contributed by atoms with E-state index in [0.717, 1.165) is 5.56 Å². The molecule has 0 radical (unpaired) electrons. The van der Waals surface area contributed by atoms with Crippen LogP contribution in [0, 0.1) is 5.82 Å². The zero-order chi connectivity index (χ0) is 12.3. The second kappa shape index (κ2) is 5.05. The number of benzene rings is 1. The number of rotatable bonds is 4. The Hall–Kier alpha value is -1.75. The van der Waals surface area contributed by atoms with Gasteiger partial charge in [0.2, 0.25) is 11.8 Å². The van der Waals surface area contributed by atoms with E-state index in [1.807, 2.05) is 20.0 Å². The molecule has 0 aliphatic carbocycles. The van der Waals surface area contributed by atoms with Crippen LogP contribution in [0.25, 0.3) is 0 Å². The predicted octanol–water partition coefficient (Wildman–Crippen LogP) is 2.08. The Bertz CT molecular complexity index is 498. The normalized spacial score (nSPS) is 12.6. The van der Waals surface area contributed by atoms with Crippen LogP contribution in [0.2, 0.25) is 0 Å². The van der Waals surface area contributed by atoms with Crippen LogP contribution < -0.4 is 5.32 Å². The first-order chi connectivity index (χ1) is 8.19. The van der Waals surface area contributed by atoms with Crippen molar-refractivity contribution in [2.75, 3.05) is 7.05 Å². The van der Waals surface area contributed by atoms with Crippen LogP contribution in [-0.4, -0.2) is 17.2 Å². The fourth-order valence-electron chi connectivity index (χ4n) is 1.46. The lowest BCUT2D eigenvalue weighted by atomic mass is 10.1. The summed E-state index contributed by atoms with van der Waals surface area (Å²) < 4.78 is 18.5. The minimum Gasteiger partial charge on any atom is -0.423 e. The number of hydrogen-bond acceptors (Lipinski definition) is 4. The van der Waals surface area contributed by atoms with Crippen molar-refractivity contribution in [1.82, 2.24) is 15.5 Å². The number of nitrogens with one attached hydrogen (secondary N) is 1. The maximum atomic E-state index is 13.0. The molecule has 0 aliphatic heterocycles. The van der Waals surface area contributed by atoms with Gasteiger partial charge in [0, 0.05) is 0 Å². The average molecular weight is 235 g/mol. The van der Waals surface area contributed by atoms with Crippen molar-refractivity contribution in [3.05, 3.63) is 47.4 Å². The van der Waals surface area contributed by atoms with Gasteiger partial charge in [-0.05, 0) is 31.7 Å². The Labute approximate surface area is 98.9 Å². The summed E-state index contributed by atoms with van der Waals surface area (Å²) >= 11 is 0. The summed E-state index contributed by atoms with van der Waals surface area (Å²) in [7, 11) is 1.82. The molecule has 1 aromatic carbocycles. The number of hydrogen-bond donors (Lipinski definition) is 1. The minimum atomic E-state index is -0.258. The first kappa shape index (κ1) is 11.7. The van der Waals surface area contributed by atoms with E-state index in [2.05, 4.69) is 15.5 Å². The lowest BCUT2D eigenvalue weighted by molar-refractivity contribution is 0.410. The highest BCUT2D eigenvalue weighted by atomic mass is 19.1. The molecule has 0 bridgehead atoms. The summed E-state index contributed by atoms with van der Waals surface area (Å²) in [6.45, 7) is 1.93. The van der Waals surface area contributed by atoms with Crippen molar-refractivity contribution < 1.29 is 8.81 Å². The quantitative estimate of drug-likeness (QED) is 0.881.